The van der Waals surface area contributed by atoms with Gasteiger partial charge in [0.1, 0.15) is 11.7 Å². The Morgan fingerprint density at radius 2 is 1.75 bits per heavy atom. The minimum atomic E-state index is -0.759. The SMILES string of the molecule is O=C(/C=C/C(=O)NC1Cc2ccccc2NC1=O)Nc1ccccc1[N+](=O)[O-]. The minimum Gasteiger partial charge on any atom is -0.340 e. The molecule has 0 saturated carbocycles. The fourth-order valence-electron chi connectivity index (χ4n) is 2.75. The molecule has 0 aliphatic carbocycles. The second-order valence-corrected chi connectivity index (χ2v) is 6.01. The lowest BCUT2D eigenvalue weighted by atomic mass is 9.99. The summed E-state index contributed by atoms with van der Waals surface area (Å²) >= 11 is 0. The zero-order valence-electron chi connectivity index (χ0n) is 14.5. The quantitative estimate of drug-likeness (QED) is 0.413. The first kappa shape index (κ1) is 18.8. The number of fused-ring (bicyclic) bond motifs is 1. The van der Waals surface area contributed by atoms with E-state index in [9.17, 15) is 24.5 Å². The molecule has 1 aliphatic rings. The van der Waals surface area contributed by atoms with Crippen LogP contribution in [0.5, 0.6) is 0 Å². The summed E-state index contributed by atoms with van der Waals surface area (Å²) in [6, 6.07) is 12.2. The molecule has 0 radical (unpaired) electrons. The first-order valence-corrected chi connectivity index (χ1v) is 8.36. The van der Waals surface area contributed by atoms with Crippen LogP contribution in [0.1, 0.15) is 5.56 Å². The number of nitro groups is 1. The van der Waals surface area contributed by atoms with Gasteiger partial charge in [-0.2, -0.15) is 0 Å². The Morgan fingerprint density at radius 3 is 2.54 bits per heavy atom. The Kier molecular flexibility index (Phi) is 5.45. The van der Waals surface area contributed by atoms with Crippen LogP contribution in [0, 0.1) is 10.1 Å². The van der Waals surface area contributed by atoms with E-state index in [0.29, 0.717) is 12.1 Å². The molecule has 1 atom stereocenters. The fourth-order valence-corrected chi connectivity index (χ4v) is 2.75. The van der Waals surface area contributed by atoms with Gasteiger partial charge in [-0.3, -0.25) is 24.5 Å². The highest BCUT2D eigenvalue weighted by Gasteiger charge is 2.26. The van der Waals surface area contributed by atoms with Crippen molar-refractivity contribution in [1.82, 2.24) is 5.32 Å². The van der Waals surface area contributed by atoms with Gasteiger partial charge in [-0.15, -0.1) is 0 Å². The normalized spacial score (nSPS) is 15.4. The number of nitrogens with one attached hydrogen (secondary N) is 3. The zero-order valence-corrected chi connectivity index (χ0v) is 14.5. The van der Waals surface area contributed by atoms with Gasteiger partial charge in [0.05, 0.1) is 4.92 Å². The van der Waals surface area contributed by atoms with E-state index in [1.54, 1.807) is 18.2 Å². The summed E-state index contributed by atoms with van der Waals surface area (Å²) in [5.41, 5.74) is 1.36. The molecule has 0 spiro atoms. The van der Waals surface area contributed by atoms with Gasteiger partial charge in [0.15, 0.2) is 0 Å². The lowest BCUT2D eigenvalue weighted by Crippen LogP contribution is -2.47. The molecule has 3 amide bonds. The van der Waals surface area contributed by atoms with Crippen molar-refractivity contribution in [2.75, 3.05) is 10.6 Å². The van der Waals surface area contributed by atoms with E-state index in [1.165, 1.54) is 18.2 Å². The lowest BCUT2D eigenvalue weighted by Gasteiger charge is -2.24. The molecule has 1 unspecified atom stereocenters. The Morgan fingerprint density at radius 1 is 1.07 bits per heavy atom. The molecular weight excluding hydrogens is 364 g/mol. The van der Waals surface area contributed by atoms with E-state index in [4.69, 9.17) is 0 Å². The number of carbonyl (C=O) groups excluding carboxylic acids is 3. The Balaban J connectivity index is 1.59. The van der Waals surface area contributed by atoms with Gasteiger partial charge in [-0.05, 0) is 17.7 Å². The molecule has 0 aromatic heterocycles. The predicted octanol–water partition coefficient (Wildman–Crippen LogP) is 1.77. The standard InChI is InChI=1S/C19H16N4O5/c24-17(20-14-7-3-4-8-16(14)23(27)28)9-10-18(25)21-15-11-12-5-1-2-6-13(12)22-19(15)26/h1-10,15H,11H2,(H,20,24)(H,21,25)(H,22,26)/b10-9+. The fraction of sp³-hybridized carbons (Fsp3) is 0.105. The largest absolute Gasteiger partial charge is 0.340 e. The Labute approximate surface area is 159 Å². The van der Waals surface area contributed by atoms with E-state index in [0.717, 1.165) is 17.7 Å². The van der Waals surface area contributed by atoms with Gasteiger partial charge < -0.3 is 16.0 Å². The van der Waals surface area contributed by atoms with Crippen molar-refractivity contribution >= 4 is 34.8 Å². The highest BCUT2D eigenvalue weighted by molar-refractivity contribution is 6.06. The van der Waals surface area contributed by atoms with E-state index >= 15 is 0 Å². The van der Waals surface area contributed by atoms with Crippen LogP contribution in [-0.2, 0) is 20.8 Å². The average Bonchev–Trinajstić information content (AvgIpc) is 2.67. The molecule has 142 valence electrons. The van der Waals surface area contributed by atoms with Crippen LogP contribution in [0.15, 0.2) is 60.7 Å². The van der Waals surface area contributed by atoms with Crippen molar-refractivity contribution < 1.29 is 19.3 Å². The lowest BCUT2D eigenvalue weighted by molar-refractivity contribution is -0.383. The third-order valence-corrected chi connectivity index (χ3v) is 4.08. The van der Waals surface area contributed by atoms with Gasteiger partial charge in [0, 0.05) is 30.3 Å². The maximum atomic E-state index is 12.1. The van der Waals surface area contributed by atoms with Crippen molar-refractivity contribution in [1.29, 1.82) is 0 Å². The number of nitro benzene ring substituents is 1. The Hall–Kier alpha value is -4.01. The van der Waals surface area contributed by atoms with Crippen molar-refractivity contribution in [3.05, 3.63) is 76.4 Å². The van der Waals surface area contributed by atoms with E-state index in [2.05, 4.69) is 16.0 Å². The van der Waals surface area contributed by atoms with E-state index in [-0.39, 0.29) is 17.3 Å². The second kappa shape index (κ2) is 8.12. The van der Waals surface area contributed by atoms with E-state index < -0.39 is 22.8 Å². The number of para-hydroxylation sites is 3. The summed E-state index contributed by atoms with van der Waals surface area (Å²) in [5, 5.41) is 18.5. The van der Waals surface area contributed by atoms with Crippen LogP contribution < -0.4 is 16.0 Å². The molecule has 1 heterocycles. The molecule has 9 heteroatoms. The average molecular weight is 380 g/mol. The number of hydrogen-bond acceptors (Lipinski definition) is 5. The number of amides is 3. The summed E-state index contributed by atoms with van der Waals surface area (Å²) in [6.07, 6.45) is 2.25. The highest BCUT2D eigenvalue weighted by atomic mass is 16.6. The summed E-state index contributed by atoms with van der Waals surface area (Å²) in [4.78, 5) is 46.4. The molecule has 1 aliphatic heterocycles. The van der Waals surface area contributed by atoms with Crippen molar-refractivity contribution in [3.63, 3.8) is 0 Å². The highest BCUT2D eigenvalue weighted by Crippen LogP contribution is 2.23. The summed E-state index contributed by atoms with van der Waals surface area (Å²) < 4.78 is 0. The molecule has 9 nitrogen and oxygen atoms in total. The number of anilines is 2. The predicted molar refractivity (Wildman–Crippen MR) is 102 cm³/mol. The van der Waals surface area contributed by atoms with Gasteiger partial charge in [0.25, 0.3) is 5.69 Å². The summed E-state index contributed by atoms with van der Waals surface area (Å²) in [7, 11) is 0. The number of hydrogen-bond donors (Lipinski definition) is 3. The van der Waals surface area contributed by atoms with Gasteiger partial charge in [-0.1, -0.05) is 30.3 Å². The minimum absolute atomic E-state index is 0.0193. The third-order valence-electron chi connectivity index (χ3n) is 4.08. The number of rotatable bonds is 5. The van der Waals surface area contributed by atoms with Gasteiger partial charge in [-0.25, -0.2) is 0 Å². The molecule has 0 bridgehead atoms. The van der Waals surface area contributed by atoms with E-state index in [1.807, 2.05) is 12.1 Å². The Bertz CT molecular complexity index is 986. The monoisotopic (exact) mass is 380 g/mol. The molecule has 2 aromatic rings. The topological polar surface area (TPSA) is 130 Å². The number of benzene rings is 2. The number of carbonyl (C=O) groups is 3. The maximum absolute atomic E-state index is 12.1. The van der Waals surface area contributed by atoms with Crippen molar-refractivity contribution in [3.8, 4) is 0 Å². The molecule has 28 heavy (non-hydrogen) atoms. The van der Waals surface area contributed by atoms with Gasteiger partial charge >= 0.3 is 0 Å². The van der Waals surface area contributed by atoms with Crippen LogP contribution in [0.4, 0.5) is 17.1 Å². The molecule has 2 aromatic carbocycles. The maximum Gasteiger partial charge on any atom is 0.292 e. The van der Waals surface area contributed by atoms with Gasteiger partial charge in [0.2, 0.25) is 17.7 Å². The van der Waals surface area contributed by atoms with Crippen LogP contribution in [0.2, 0.25) is 0 Å². The van der Waals surface area contributed by atoms with Crippen LogP contribution in [-0.4, -0.2) is 28.7 Å². The first-order chi connectivity index (χ1) is 13.4. The second-order valence-electron chi connectivity index (χ2n) is 6.01. The summed E-state index contributed by atoms with van der Waals surface area (Å²) in [5.74, 6) is -1.68. The molecule has 0 saturated heterocycles. The van der Waals surface area contributed by atoms with Crippen molar-refractivity contribution in [2.45, 2.75) is 12.5 Å². The molecule has 3 rings (SSSR count). The summed E-state index contributed by atoms with van der Waals surface area (Å²) in [6.45, 7) is 0. The molecular formula is C19H16N4O5. The van der Waals surface area contributed by atoms with Crippen LogP contribution in [0.3, 0.4) is 0 Å². The van der Waals surface area contributed by atoms with Crippen molar-refractivity contribution in [2.24, 2.45) is 0 Å². The molecule has 3 N–H and O–H groups in total. The first-order valence-electron chi connectivity index (χ1n) is 8.36. The van der Waals surface area contributed by atoms with Crippen LogP contribution >= 0.6 is 0 Å². The van der Waals surface area contributed by atoms with Crippen LogP contribution in [0.25, 0.3) is 0 Å². The molecule has 0 fully saturated rings. The third kappa shape index (κ3) is 4.39. The smallest absolute Gasteiger partial charge is 0.292 e. The zero-order chi connectivity index (χ0) is 20.1. The number of nitrogens with zero attached hydrogens (tertiary/aromatic N) is 1.